The third-order valence-electron chi connectivity index (χ3n) is 3.14. The van der Waals surface area contributed by atoms with Gasteiger partial charge in [-0.2, -0.15) is 0 Å². The number of hydrogen-bond donors (Lipinski definition) is 3. The monoisotopic (exact) mass is 242 g/mol. The van der Waals surface area contributed by atoms with Gasteiger partial charge in [-0.15, -0.1) is 0 Å². The Morgan fingerprint density at radius 3 is 2.88 bits per heavy atom. The number of aliphatic carboxylic acids is 1. The van der Waals surface area contributed by atoms with E-state index in [-0.39, 0.29) is 24.2 Å². The summed E-state index contributed by atoms with van der Waals surface area (Å²) < 4.78 is 0. The van der Waals surface area contributed by atoms with Crippen molar-refractivity contribution < 1.29 is 14.7 Å². The molecule has 1 rings (SSSR count). The second-order valence-electron chi connectivity index (χ2n) is 4.83. The summed E-state index contributed by atoms with van der Waals surface area (Å²) in [4.78, 5) is 22.2. The first-order valence-corrected chi connectivity index (χ1v) is 6.30. The summed E-state index contributed by atoms with van der Waals surface area (Å²) in [6, 6.07) is 0. The number of hydrogen-bond acceptors (Lipinski definition) is 3. The molecule has 0 bridgehead atoms. The molecule has 3 N–H and O–H groups in total. The van der Waals surface area contributed by atoms with E-state index in [4.69, 9.17) is 5.11 Å². The number of piperidine rings is 1. The van der Waals surface area contributed by atoms with Gasteiger partial charge in [0.15, 0.2) is 0 Å². The minimum atomic E-state index is -0.778. The zero-order chi connectivity index (χ0) is 12.7. The Hall–Kier alpha value is -1.10. The van der Waals surface area contributed by atoms with Crippen LogP contribution in [0, 0.1) is 11.8 Å². The van der Waals surface area contributed by atoms with Crippen molar-refractivity contribution >= 4 is 11.9 Å². The van der Waals surface area contributed by atoms with E-state index in [1.807, 2.05) is 6.92 Å². The van der Waals surface area contributed by atoms with E-state index in [2.05, 4.69) is 10.6 Å². The van der Waals surface area contributed by atoms with Crippen molar-refractivity contribution in [2.45, 2.75) is 32.6 Å². The van der Waals surface area contributed by atoms with E-state index >= 15 is 0 Å². The molecule has 0 aromatic carbocycles. The number of carbonyl (C=O) groups excluding carboxylic acids is 1. The van der Waals surface area contributed by atoms with Crippen LogP contribution < -0.4 is 10.6 Å². The van der Waals surface area contributed by atoms with Crippen LogP contribution in [0.5, 0.6) is 0 Å². The van der Waals surface area contributed by atoms with E-state index in [0.717, 1.165) is 25.9 Å². The van der Waals surface area contributed by atoms with Crippen molar-refractivity contribution in [3.8, 4) is 0 Å². The third kappa shape index (κ3) is 5.68. The van der Waals surface area contributed by atoms with Gasteiger partial charge in [-0.05, 0) is 31.7 Å². The van der Waals surface area contributed by atoms with Crippen LogP contribution in [0.4, 0.5) is 0 Å². The lowest BCUT2D eigenvalue weighted by Gasteiger charge is -2.22. The molecule has 0 spiro atoms. The van der Waals surface area contributed by atoms with Gasteiger partial charge in [-0.1, -0.05) is 6.92 Å². The maximum atomic E-state index is 11.8. The summed E-state index contributed by atoms with van der Waals surface area (Å²) in [6.07, 6.45) is 2.77. The first-order valence-electron chi connectivity index (χ1n) is 6.30. The molecule has 0 aromatic heterocycles. The number of carbonyl (C=O) groups is 2. The van der Waals surface area contributed by atoms with Gasteiger partial charge < -0.3 is 15.7 Å². The van der Waals surface area contributed by atoms with Gasteiger partial charge in [0.2, 0.25) is 5.91 Å². The topological polar surface area (TPSA) is 78.4 Å². The Labute approximate surface area is 102 Å². The van der Waals surface area contributed by atoms with Crippen LogP contribution in [0.25, 0.3) is 0 Å². The molecule has 2 unspecified atom stereocenters. The van der Waals surface area contributed by atoms with Crippen molar-refractivity contribution in [3.05, 3.63) is 0 Å². The SMILES string of the molecule is CC(CCC(=O)O)CNC(=O)C1CCCNC1. The highest BCUT2D eigenvalue weighted by atomic mass is 16.4. The fourth-order valence-corrected chi connectivity index (χ4v) is 1.97. The molecule has 5 heteroatoms. The van der Waals surface area contributed by atoms with Gasteiger partial charge in [-0.3, -0.25) is 9.59 Å². The largest absolute Gasteiger partial charge is 0.481 e. The molecule has 1 saturated heterocycles. The van der Waals surface area contributed by atoms with Gasteiger partial charge in [0.05, 0.1) is 5.92 Å². The number of nitrogens with one attached hydrogen (secondary N) is 2. The van der Waals surface area contributed by atoms with E-state index in [9.17, 15) is 9.59 Å². The fraction of sp³-hybridized carbons (Fsp3) is 0.833. The highest BCUT2D eigenvalue weighted by Gasteiger charge is 2.20. The smallest absolute Gasteiger partial charge is 0.303 e. The molecular formula is C12H22N2O3. The highest BCUT2D eigenvalue weighted by molar-refractivity contribution is 5.78. The Balaban J connectivity index is 2.15. The van der Waals surface area contributed by atoms with Gasteiger partial charge in [0.1, 0.15) is 0 Å². The molecule has 2 atom stereocenters. The second-order valence-corrected chi connectivity index (χ2v) is 4.83. The van der Waals surface area contributed by atoms with Crippen LogP contribution in [-0.2, 0) is 9.59 Å². The molecule has 1 aliphatic rings. The van der Waals surface area contributed by atoms with Crippen LogP contribution in [0.3, 0.4) is 0 Å². The molecule has 98 valence electrons. The zero-order valence-corrected chi connectivity index (χ0v) is 10.4. The van der Waals surface area contributed by atoms with Gasteiger partial charge in [0.25, 0.3) is 0 Å². The molecule has 0 radical (unpaired) electrons. The summed E-state index contributed by atoms with van der Waals surface area (Å²) in [5, 5.41) is 14.7. The highest BCUT2D eigenvalue weighted by Crippen LogP contribution is 2.10. The quantitative estimate of drug-likeness (QED) is 0.637. The molecule has 1 heterocycles. The van der Waals surface area contributed by atoms with Crippen LogP contribution in [-0.4, -0.2) is 36.6 Å². The van der Waals surface area contributed by atoms with Crippen LogP contribution in [0.1, 0.15) is 32.6 Å². The number of carboxylic acids is 1. The van der Waals surface area contributed by atoms with Crippen molar-refractivity contribution in [1.29, 1.82) is 0 Å². The predicted octanol–water partition coefficient (Wildman–Crippen LogP) is 0.603. The van der Waals surface area contributed by atoms with Crippen molar-refractivity contribution in [2.24, 2.45) is 11.8 Å². The molecule has 0 aromatic rings. The van der Waals surface area contributed by atoms with Gasteiger partial charge in [-0.25, -0.2) is 0 Å². The predicted molar refractivity (Wildman–Crippen MR) is 64.6 cm³/mol. The van der Waals surface area contributed by atoms with E-state index in [1.165, 1.54) is 0 Å². The standard InChI is InChI=1S/C12H22N2O3/c1-9(4-5-11(15)16)7-14-12(17)10-3-2-6-13-8-10/h9-10,13H,2-8H2,1H3,(H,14,17)(H,15,16). The Bertz CT molecular complexity index is 262. The Morgan fingerprint density at radius 1 is 1.53 bits per heavy atom. The average Bonchev–Trinajstić information content (AvgIpc) is 2.34. The van der Waals surface area contributed by atoms with Crippen molar-refractivity contribution in [1.82, 2.24) is 10.6 Å². The molecule has 0 aliphatic carbocycles. The molecule has 5 nitrogen and oxygen atoms in total. The minimum absolute atomic E-state index is 0.0791. The molecule has 17 heavy (non-hydrogen) atoms. The Kier molecular flexibility index (Phi) is 5.97. The second kappa shape index (κ2) is 7.27. The molecule has 1 aliphatic heterocycles. The Morgan fingerprint density at radius 2 is 2.29 bits per heavy atom. The van der Waals surface area contributed by atoms with Crippen LogP contribution in [0.2, 0.25) is 0 Å². The van der Waals surface area contributed by atoms with Crippen molar-refractivity contribution in [2.75, 3.05) is 19.6 Å². The number of carboxylic acid groups (broad SMARTS) is 1. The first kappa shape index (κ1) is 14.0. The molecule has 1 fully saturated rings. The summed E-state index contributed by atoms with van der Waals surface area (Å²) in [5.74, 6) is -0.388. The van der Waals surface area contributed by atoms with Crippen LogP contribution >= 0.6 is 0 Å². The molecule has 1 amide bonds. The average molecular weight is 242 g/mol. The number of amides is 1. The van der Waals surface area contributed by atoms with Crippen LogP contribution in [0.15, 0.2) is 0 Å². The lowest BCUT2D eigenvalue weighted by molar-refractivity contribution is -0.137. The van der Waals surface area contributed by atoms with Gasteiger partial charge in [0, 0.05) is 19.5 Å². The summed E-state index contributed by atoms with van der Waals surface area (Å²) in [7, 11) is 0. The first-order chi connectivity index (χ1) is 8.09. The van der Waals surface area contributed by atoms with Gasteiger partial charge >= 0.3 is 5.97 Å². The maximum absolute atomic E-state index is 11.8. The third-order valence-corrected chi connectivity index (χ3v) is 3.14. The fourth-order valence-electron chi connectivity index (χ4n) is 1.97. The minimum Gasteiger partial charge on any atom is -0.481 e. The van der Waals surface area contributed by atoms with E-state index < -0.39 is 5.97 Å². The zero-order valence-electron chi connectivity index (χ0n) is 10.4. The molecular weight excluding hydrogens is 220 g/mol. The van der Waals surface area contributed by atoms with Crippen molar-refractivity contribution in [3.63, 3.8) is 0 Å². The lowest BCUT2D eigenvalue weighted by atomic mass is 9.98. The maximum Gasteiger partial charge on any atom is 0.303 e. The summed E-state index contributed by atoms with van der Waals surface area (Å²) in [6.45, 7) is 4.29. The normalized spacial score (nSPS) is 21.8. The van der Waals surface area contributed by atoms with E-state index in [1.54, 1.807) is 0 Å². The molecule has 0 saturated carbocycles. The summed E-state index contributed by atoms with van der Waals surface area (Å²) in [5.41, 5.74) is 0. The van der Waals surface area contributed by atoms with E-state index in [0.29, 0.717) is 13.0 Å². The number of rotatable bonds is 6. The summed E-state index contributed by atoms with van der Waals surface area (Å²) >= 11 is 0. The lowest BCUT2D eigenvalue weighted by Crippen LogP contribution is -2.41.